The molecular formula is C101H83BrN24O15. The first-order chi connectivity index (χ1) is 67.9. The zero-order chi connectivity index (χ0) is 99.5. The number of carbonyl (C=O) groups is 7. The average molecular weight is 1950 g/mol. The van der Waals surface area contributed by atoms with Crippen molar-refractivity contribution in [2.24, 2.45) is 7.05 Å². The minimum atomic E-state index is -1.10. The molecule has 6 aromatic carbocycles. The molecule has 0 radical (unpaired) electrons. The van der Waals surface area contributed by atoms with Crippen molar-refractivity contribution < 1.29 is 69.1 Å². The van der Waals surface area contributed by atoms with Crippen molar-refractivity contribution in [3.63, 3.8) is 0 Å². The number of imidazole rings is 2. The highest BCUT2D eigenvalue weighted by molar-refractivity contribution is 9.10. The van der Waals surface area contributed by atoms with Gasteiger partial charge in [-0.15, -0.1) is 0 Å². The van der Waals surface area contributed by atoms with Gasteiger partial charge in [0.15, 0.2) is 73.8 Å². The van der Waals surface area contributed by atoms with E-state index in [2.05, 4.69) is 96.4 Å². The second kappa shape index (κ2) is 39.8. The SMILES string of the molecule is CCc1cc(C(=O)O)nc2cc(-c3ccc(Br)cc3)nn12.CCc1cc(C(=O)O)nc2cc(-c3ccc([N+](=O)[O-])cc3)nn12.CCc1cc(C(=O)O)nc2cc(-c3ccc4c(c3)C=CC(=O)C4)nn12.CCc1cc(C(=O)O)nc2cc(-c3ccc4c(c3)ncn4C)nn12.CCc1cc(C(=O)O)nc2cc(-c3ccc4nc(C)ccc4c3)nn12.CCc1cc(C(=O)O)nc2cc(-c3ccc4nc[nH]c4c3)nn12. The molecule has 39 nitrogen and oxygen atoms in total. The number of nitro benzene ring substituents is 1. The molecule has 0 saturated heterocycles. The smallest absolute Gasteiger partial charge is 0.354 e. The highest BCUT2D eigenvalue weighted by Gasteiger charge is 2.24. The third-order valence-electron chi connectivity index (χ3n) is 23.1. The second-order valence-electron chi connectivity index (χ2n) is 32.3. The number of non-ortho nitro benzene ring substituents is 1. The number of rotatable bonds is 19. The highest BCUT2D eigenvalue weighted by Crippen LogP contribution is 2.33. The Morgan fingerprint density at radius 3 is 1.10 bits per heavy atom. The first-order valence-corrected chi connectivity index (χ1v) is 45.0. The normalized spacial score (nSPS) is 11.5. The van der Waals surface area contributed by atoms with Crippen LogP contribution >= 0.6 is 15.9 Å². The molecule has 15 aromatic heterocycles. The number of nitro groups is 1. The number of nitrogens with one attached hydrogen (secondary N) is 1. The van der Waals surface area contributed by atoms with E-state index in [0.29, 0.717) is 90.1 Å². The van der Waals surface area contributed by atoms with Crippen LogP contribution in [0.25, 0.3) is 140 Å². The van der Waals surface area contributed by atoms with Gasteiger partial charge in [0.05, 0.1) is 79.3 Å². The molecule has 0 amide bonds. The monoisotopic (exact) mass is 1950 g/mol. The number of nitrogens with zero attached hydrogens (tertiary/aromatic N) is 23. The van der Waals surface area contributed by atoms with Gasteiger partial charge in [-0.05, 0) is 172 Å². The topological polar surface area (TPSA) is 525 Å². The number of carbonyl (C=O) groups excluding carboxylic acids is 1. The van der Waals surface area contributed by atoms with E-state index in [9.17, 15) is 64.1 Å². The maximum absolute atomic E-state index is 11.5. The van der Waals surface area contributed by atoms with Gasteiger partial charge in [0.25, 0.3) is 5.69 Å². The van der Waals surface area contributed by atoms with Crippen LogP contribution in [-0.2, 0) is 56.8 Å². The molecule has 0 aliphatic heterocycles. The summed E-state index contributed by atoms with van der Waals surface area (Å²) in [6.07, 6.45) is 11.2. The summed E-state index contributed by atoms with van der Waals surface area (Å²) in [6, 6.07) is 61.4. The number of halogens is 1. The molecule has 22 rings (SSSR count). The van der Waals surface area contributed by atoms with Gasteiger partial charge in [0.1, 0.15) is 0 Å². The summed E-state index contributed by atoms with van der Waals surface area (Å²) in [6.45, 7) is 13.6. The Kier molecular flexibility index (Phi) is 26.6. The fourth-order valence-electron chi connectivity index (χ4n) is 15.9. The lowest BCUT2D eigenvalue weighted by Gasteiger charge is -2.10. The first-order valence-electron chi connectivity index (χ1n) is 44.3. The third-order valence-corrected chi connectivity index (χ3v) is 23.7. The molecule has 15 heterocycles. The number of aromatic carboxylic acids is 6. The molecular weight excluding hydrogens is 1870 g/mol. The van der Waals surface area contributed by atoms with E-state index in [1.165, 1.54) is 18.2 Å². The van der Waals surface area contributed by atoms with Crippen molar-refractivity contribution in [3.8, 4) is 67.5 Å². The van der Waals surface area contributed by atoms with Crippen LogP contribution in [0.15, 0.2) is 229 Å². The predicted molar refractivity (Wildman–Crippen MR) is 525 cm³/mol. The molecule has 0 spiro atoms. The number of aromatic amines is 1. The number of H-pyrrole nitrogens is 1. The average Bonchev–Trinajstić information content (AvgIpc) is 1.67. The number of carboxylic acids is 6. The van der Waals surface area contributed by atoms with Gasteiger partial charge in [0, 0.05) is 145 Å². The molecule has 1 aliphatic rings. The summed E-state index contributed by atoms with van der Waals surface area (Å²) in [4.78, 5) is 130. The van der Waals surface area contributed by atoms with Crippen LogP contribution in [-0.4, -0.2) is 189 Å². The Hall–Kier alpha value is -18.5. The number of aromatic nitrogens is 23. The van der Waals surface area contributed by atoms with Gasteiger partial charge in [-0.2, -0.15) is 30.6 Å². The molecule has 7 N–H and O–H groups in total. The van der Waals surface area contributed by atoms with Crippen molar-refractivity contribution >= 4 is 136 Å². The number of aryl methyl sites for hydroxylation is 8. The minimum absolute atomic E-state index is 0.00181. The lowest BCUT2D eigenvalue weighted by molar-refractivity contribution is -0.384. The largest absolute Gasteiger partial charge is 0.477 e. The van der Waals surface area contributed by atoms with Crippen LogP contribution in [0.2, 0.25) is 0 Å². The van der Waals surface area contributed by atoms with Crippen LogP contribution < -0.4 is 0 Å². The minimum Gasteiger partial charge on any atom is -0.477 e. The second-order valence-corrected chi connectivity index (χ2v) is 33.2. The van der Waals surface area contributed by atoms with Crippen LogP contribution in [0.4, 0.5) is 5.69 Å². The molecule has 21 aromatic rings. The van der Waals surface area contributed by atoms with Gasteiger partial charge in [-0.25, -0.2) is 95.7 Å². The Bertz CT molecular complexity index is 8640. The lowest BCUT2D eigenvalue weighted by Crippen LogP contribution is -2.07. The highest BCUT2D eigenvalue weighted by atomic mass is 79.9. The molecule has 0 fully saturated rings. The summed E-state index contributed by atoms with van der Waals surface area (Å²) in [5.41, 5.74) is 25.3. The van der Waals surface area contributed by atoms with Gasteiger partial charge < -0.3 is 40.2 Å². The van der Waals surface area contributed by atoms with Crippen LogP contribution in [0.1, 0.15) is 155 Å². The van der Waals surface area contributed by atoms with E-state index in [-0.39, 0.29) is 45.6 Å². The maximum Gasteiger partial charge on any atom is 0.354 e. The van der Waals surface area contributed by atoms with Crippen molar-refractivity contribution in [1.82, 2.24) is 112 Å². The predicted octanol–water partition coefficient (Wildman–Crippen LogP) is 17.4. The molecule has 141 heavy (non-hydrogen) atoms. The van der Waals surface area contributed by atoms with Gasteiger partial charge >= 0.3 is 35.8 Å². The molecule has 0 bridgehead atoms. The summed E-state index contributed by atoms with van der Waals surface area (Å²) >= 11 is 3.40. The molecule has 40 heteroatoms. The molecule has 0 atom stereocenters. The van der Waals surface area contributed by atoms with Crippen LogP contribution in [0.3, 0.4) is 0 Å². The first kappa shape index (κ1) is 94.3. The molecule has 1 aliphatic carbocycles. The third kappa shape index (κ3) is 20.0. The lowest BCUT2D eigenvalue weighted by atomic mass is 9.94. The number of hydrogen-bond acceptors (Lipinski definition) is 24. The van der Waals surface area contributed by atoms with Crippen molar-refractivity contribution in [2.45, 2.75) is 93.4 Å². The summed E-state index contributed by atoms with van der Waals surface area (Å²) in [5.74, 6) is -6.19. The van der Waals surface area contributed by atoms with Gasteiger partial charge in [0.2, 0.25) is 0 Å². The van der Waals surface area contributed by atoms with E-state index >= 15 is 0 Å². The Morgan fingerprint density at radius 1 is 0.376 bits per heavy atom. The number of pyridine rings is 1. The van der Waals surface area contributed by atoms with E-state index in [0.717, 1.165) is 145 Å². The number of benzene rings is 6. The van der Waals surface area contributed by atoms with Crippen molar-refractivity contribution in [1.29, 1.82) is 0 Å². The molecule has 0 unspecified atom stereocenters. The fourth-order valence-corrected chi connectivity index (χ4v) is 16.2. The van der Waals surface area contributed by atoms with E-state index in [1.807, 2.05) is 181 Å². The van der Waals surface area contributed by atoms with Crippen molar-refractivity contribution in [2.75, 3.05) is 0 Å². The van der Waals surface area contributed by atoms with E-state index in [1.54, 1.807) is 119 Å². The summed E-state index contributed by atoms with van der Waals surface area (Å²) < 4.78 is 13.0. The Morgan fingerprint density at radius 2 is 0.716 bits per heavy atom. The molecule has 704 valence electrons. The van der Waals surface area contributed by atoms with Crippen LogP contribution in [0.5, 0.6) is 0 Å². The van der Waals surface area contributed by atoms with Crippen LogP contribution in [0, 0.1) is 17.0 Å². The summed E-state index contributed by atoms with van der Waals surface area (Å²) in [5, 5.41) is 94.1. The number of ketones is 1. The van der Waals surface area contributed by atoms with Gasteiger partial charge in [-0.1, -0.05) is 112 Å². The fraction of sp³-hybridized carbons (Fsp3) is 0.149. The number of fused-ring (bicyclic) bond motifs is 10. The standard InChI is InChI=1S/C19H16N4O2.C19H15N3O3.C17H15N5O2.C16H13N5O2.C15H12BrN3O2.C15H12N4O4/c1-3-14-9-17(19(24)25)21-18-10-16(22-23(14)18)13-6-7-15-12(8-13)5-4-11(2)20-15;1-2-14-9-17(19(24)25)20-18-10-16(21-22(14)18)13-4-3-12-8-15(23)6-5-11(12)7-13;1-3-11-7-14(17(23)24)19-16-8-12(20-22(11)16)10-4-5-15-13(6-10)18-9-21(15)2;1-2-10-6-14(16(22)23)19-15-7-12(20-21(10)15)9-3-4-11-13(5-9)18-8-17-11;1-2-11-7-13(15(20)21)17-14-8-12(18-19(11)14)9-3-5-10(16)6-4-9;1-2-10-7-13(15(20)21)16-14-8-12(17-18(10)14)9-3-5-11(6-4-9)19(22)23/h4-10H,3H2,1-2H3,(H,24,25);3-7,9-10H,2,8H2,1H3,(H,24,25);4-9H,3H2,1-2H3,(H,23,24);3-8H,2H2,1H3,(H,17,18)(H,22,23);3-8H,2H2,1H3,(H,20,21);3-8H,2H2,1H3,(H,20,21). The maximum atomic E-state index is 11.5. The number of hydrogen-bond donors (Lipinski definition) is 7. The summed E-state index contributed by atoms with van der Waals surface area (Å²) in [7, 11) is 1.95. The zero-order valence-corrected chi connectivity index (χ0v) is 78.0. The number of allylic oxidation sites excluding steroid dienone is 1. The van der Waals surface area contributed by atoms with Gasteiger partial charge in [-0.3, -0.25) is 19.9 Å². The van der Waals surface area contributed by atoms with E-state index < -0.39 is 40.7 Å². The van der Waals surface area contributed by atoms with Crippen molar-refractivity contribution in [3.05, 3.63) is 325 Å². The number of carboxylic acid groups (broad SMARTS) is 6. The Balaban J connectivity index is 0.000000117. The molecule has 0 saturated carbocycles. The Labute approximate surface area is 805 Å². The van der Waals surface area contributed by atoms with E-state index in [4.69, 9.17) is 10.2 Å². The zero-order valence-electron chi connectivity index (χ0n) is 76.4. The quantitative estimate of drug-likeness (QED) is 0.0292.